The number of rotatable bonds is 5. The molecular weight excluding hydrogens is 172 g/mol. The molecule has 1 aliphatic rings. The summed E-state index contributed by atoms with van der Waals surface area (Å²) in [5.74, 6) is 2.77. The zero-order valence-electron chi connectivity index (χ0n) is 9.42. The van der Waals surface area contributed by atoms with Gasteiger partial charge in [-0.15, -0.1) is 6.42 Å². The van der Waals surface area contributed by atoms with Gasteiger partial charge in [0.25, 0.3) is 0 Å². The first-order valence-corrected chi connectivity index (χ1v) is 5.71. The van der Waals surface area contributed by atoms with Crippen LogP contribution in [0, 0.1) is 12.3 Å². The van der Waals surface area contributed by atoms with E-state index in [9.17, 15) is 0 Å². The monoisotopic (exact) mass is 194 g/mol. The second-order valence-electron chi connectivity index (χ2n) is 4.13. The molecule has 0 aromatic heterocycles. The van der Waals surface area contributed by atoms with Crippen LogP contribution in [0.25, 0.3) is 0 Å². The normalized spacial score (nSPS) is 21.8. The van der Waals surface area contributed by atoms with Crippen LogP contribution in [0.3, 0.4) is 0 Å². The maximum Gasteiger partial charge on any atom is 0.0684 e. The molecule has 1 aliphatic heterocycles. The molecule has 0 aromatic carbocycles. The third-order valence-corrected chi connectivity index (χ3v) is 3.03. The number of hydrogen-bond donors (Lipinski definition) is 1. The van der Waals surface area contributed by atoms with E-state index in [1.165, 1.54) is 25.9 Å². The summed E-state index contributed by atoms with van der Waals surface area (Å²) in [6.45, 7) is 7.94. The van der Waals surface area contributed by atoms with Crippen molar-refractivity contribution in [2.24, 2.45) is 0 Å². The first-order chi connectivity index (χ1) is 6.77. The fourth-order valence-corrected chi connectivity index (χ4v) is 1.95. The van der Waals surface area contributed by atoms with Gasteiger partial charge in [-0.2, -0.15) is 0 Å². The molecule has 2 nitrogen and oxygen atoms in total. The Morgan fingerprint density at radius 1 is 1.43 bits per heavy atom. The summed E-state index contributed by atoms with van der Waals surface area (Å²) < 4.78 is 0. The first-order valence-electron chi connectivity index (χ1n) is 5.71. The maximum absolute atomic E-state index is 5.40. The predicted molar refractivity (Wildman–Crippen MR) is 61.2 cm³/mol. The van der Waals surface area contributed by atoms with Crippen molar-refractivity contribution < 1.29 is 0 Å². The van der Waals surface area contributed by atoms with Gasteiger partial charge in [0, 0.05) is 12.6 Å². The zero-order valence-corrected chi connectivity index (χ0v) is 9.42. The van der Waals surface area contributed by atoms with Gasteiger partial charge in [0.05, 0.1) is 6.04 Å². The number of hydrogen-bond acceptors (Lipinski definition) is 2. The average Bonchev–Trinajstić information content (AvgIpc) is 2.72. The van der Waals surface area contributed by atoms with Crippen LogP contribution in [-0.2, 0) is 0 Å². The van der Waals surface area contributed by atoms with Gasteiger partial charge >= 0.3 is 0 Å². The van der Waals surface area contributed by atoms with Crippen molar-refractivity contribution in [3.63, 3.8) is 0 Å². The van der Waals surface area contributed by atoms with E-state index < -0.39 is 0 Å². The van der Waals surface area contributed by atoms with Crippen LogP contribution >= 0.6 is 0 Å². The molecule has 0 bridgehead atoms. The molecule has 2 heteroatoms. The summed E-state index contributed by atoms with van der Waals surface area (Å²) in [5, 5.41) is 3.42. The van der Waals surface area contributed by atoms with Crippen molar-refractivity contribution in [2.75, 3.05) is 19.6 Å². The quantitative estimate of drug-likeness (QED) is 0.667. The molecule has 0 spiro atoms. The van der Waals surface area contributed by atoms with Crippen molar-refractivity contribution in [3.05, 3.63) is 0 Å². The topological polar surface area (TPSA) is 15.3 Å². The highest BCUT2D eigenvalue weighted by atomic mass is 15.2. The van der Waals surface area contributed by atoms with Crippen LogP contribution in [0.1, 0.15) is 33.1 Å². The average molecular weight is 194 g/mol. The molecule has 80 valence electrons. The van der Waals surface area contributed by atoms with E-state index in [-0.39, 0.29) is 6.04 Å². The Morgan fingerprint density at radius 2 is 2.07 bits per heavy atom. The Kier molecular flexibility index (Phi) is 5.00. The summed E-state index contributed by atoms with van der Waals surface area (Å²) in [4.78, 5) is 2.54. The third kappa shape index (κ3) is 3.32. The van der Waals surface area contributed by atoms with Gasteiger partial charge < -0.3 is 5.32 Å². The van der Waals surface area contributed by atoms with Gasteiger partial charge in [-0.3, -0.25) is 4.90 Å². The van der Waals surface area contributed by atoms with E-state index in [1.54, 1.807) is 0 Å². The van der Waals surface area contributed by atoms with Gasteiger partial charge in [-0.1, -0.05) is 12.8 Å². The summed E-state index contributed by atoms with van der Waals surface area (Å²) in [6, 6.07) is 0.875. The van der Waals surface area contributed by atoms with E-state index in [4.69, 9.17) is 6.42 Å². The summed E-state index contributed by atoms with van der Waals surface area (Å²) >= 11 is 0. The highest BCUT2D eigenvalue weighted by Crippen LogP contribution is 2.10. The second kappa shape index (κ2) is 6.06. The molecule has 14 heavy (non-hydrogen) atoms. The summed E-state index contributed by atoms with van der Waals surface area (Å²) in [5.41, 5.74) is 0. The Balaban J connectivity index is 2.20. The van der Waals surface area contributed by atoms with Gasteiger partial charge in [-0.05, 0) is 39.3 Å². The van der Waals surface area contributed by atoms with Crippen molar-refractivity contribution in [1.29, 1.82) is 0 Å². The molecule has 1 rings (SSSR count). The van der Waals surface area contributed by atoms with Crippen LogP contribution in [0.4, 0.5) is 0 Å². The Morgan fingerprint density at radius 3 is 2.57 bits per heavy atom. The molecule has 2 unspecified atom stereocenters. The number of nitrogens with zero attached hydrogens (tertiary/aromatic N) is 1. The third-order valence-electron chi connectivity index (χ3n) is 3.03. The molecule has 0 amide bonds. The van der Waals surface area contributed by atoms with Gasteiger partial charge in [0.2, 0.25) is 0 Å². The number of likely N-dealkylation sites (tertiary alicyclic amines) is 1. The molecule has 0 aromatic rings. The van der Waals surface area contributed by atoms with Crippen LogP contribution in [0.5, 0.6) is 0 Å². The molecule has 0 saturated carbocycles. The van der Waals surface area contributed by atoms with Crippen LogP contribution in [-0.4, -0.2) is 36.6 Å². The molecule has 1 N–H and O–H groups in total. The number of nitrogens with one attached hydrogen (secondary N) is 1. The molecule has 1 heterocycles. The van der Waals surface area contributed by atoms with E-state index in [2.05, 4.69) is 30.0 Å². The van der Waals surface area contributed by atoms with Gasteiger partial charge in [0.1, 0.15) is 0 Å². The molecule has 2 atom stereocenters. The van der Waals surface area contributed by atoms with E-state index in [0.717, 1.165) is 13.0 Å². The molecule has 1 fully saturated rings. The van der Waals surface area contributed by atoms with Crippen molar-refractivity contribution in [3.8, 4) is 12.3 Å². The van der Waals surface area contributed by atoms with Crippen LogP contribution in [0.2, 0.25) is 0 Å². The Hall–Kier alpha value is -0.520. The van der Waals surface area contributed by atoms with Crippen LogP contribution in [0.15, 0.2) is 0 Å². The minimum atomic E-state index is 0.250. The van der Waals surface area contributed by atoms with Crippen LogP contribution < -0.4 is 5.32 Å². The molecule has 1 saturated heterocycles. The minimum absolute atomic E-state index is 0.250. The summed E-state index contributed by atoms with van der Waals surface area (Å²) in [7, 11) is 0. The smallest absolute Gasteiger partial charge is 0.0684 e. The SMILES string of the molecule is C#CC(CC)NCC(C)N1CCCC1. The first kappa shape index (κ1) is 11.6. The maximum atomic E-state index is 5.40. The zero-order chi connectivity index (χ0) is 10.4. The standard InChI is InChI=1S/C12H22N2/c1-4-12(5-2)13-10-11(3)14-8-6-7-9-14/h1,11-13H,5-10H2,2-3H3. The lowest BCUT2D eigenvalue weighted by Crippen LogP contribution is -2.41. The molecule has 0 radical (unpaired) electrons. The fourth-order valence-electron chi connectivity index (χ4n) is 1.95. The Labute approximate surface area is 88.1 Å². The highest BCUT2D eigenvalue weighted by molar-refractivity contribution is 4.98. The van der Waals surface area contributed by atoms with E-state index in [0.29, 0.717) is 6.04 Å². The van der Waals surface area contributed by atoms with Gasteiger partial charge in [0.15, 0.2) is 0 Å². The number of terminal acetylenes is 1. The molecule has 0 aliphatic carbocycles. The fraction of sp³-hybridized carbons (Fsp3) is 0.833. The lowest BCUT2D eigenvalue weighted by molar-refractivity contribution is 0.249. The minimum Gasteiger partial charge on any atom is -0.302 e. The lowest BCUT2D eigenvalue weighted by atomic mass is 10.2. The molecular formula is C12H22N2. The predicted octanol–water partition coefficient (Wildman–Crippen LogP) is 1.47. The van der Waals surface area contributed by atoms with Gasteiger partial charge in [-0.25, -0.2) is 0 Å². The van der Waals surface area contributed by atoms with E-state index >= 15 is 0 Å². The Bertz CT molecular complexity index is 189. The second-order valence-corrected chi connectivity index (χ2v) is 4.13. The lowest BCUT2D eigenvalue weighted by Gasteiger charge is -2.25. The van der Waals surface area contributed by atoms with Crippen molar-refractivity contribution in [1.82, 2.24) is 10.2 Å². The summed E-state index contributed by atoms with van der Waals surface area (Å²) in [6.07, 6.45) is 9.13. The highest BCUT2D eigenvalue weighted by Gasteiger charge is 2.17. The van der Waals surface area contributed by atoms with Crippen molar-refractivity contribution >= 4 is 0 Å². The largest absolute Gasteiger partial charge is 0.302 e. The van der Waals surface area contributed by atoms with Crippen molar-refractivity contribution in [2.45, 2.75) is 45.2 Å². The van der Waals surface area contributed by atoms with E-state index in [1.807, 2.05) is 0 Å².